The van der Waals surface area contributed by atoms with Gasteiger partial charge in [0.1, 0.15) is 17.8 Å². The highest BCUT2D eigenvalue weighted by atomic mass is 16.5. The van der Waals surface area contributed by atoms with E-state index >= 15 is 0 Å². The van der Waals surface area contributed by atoms with Crippen LogP contribution in [0.1, 0.15) is 36.6 Å². The number of nitrogens with zero attached hydrogens (tertiary/aromatic N) is 1. The number of aldehydes is 1. The summed E-state index contributed by atoms with van der Waals surface area (Å²) in [6, 6.07) is 18.7. The Balaban J connectivity index is 1.64. The molecule has 4 rings (SSSR count). The van der Waals surface area contributed by atoms with E-state index in [2.05, 4.69) is 0 Å². The van der Waals surface area contributed by atoms with Crippen molar-refractivity contribution < 1.29 is 19.1 Å². The molecule has 0 saturated heterocycles. The van der Waals surface area contributed by atoms with Crippen molar-refractivity contribution in [3.05, 3.63) is 89.0 Å². The molecule has 5 heteroatoms. The predicted octanol–water partition coefficient (Wildman–Crippen LogP) is 4.40. The van der Waals surface area contributed by atoms with Crippen LogP contribution in [0.2, 0.25) is 0 Å². The summed E-state index contributed by atoms with van der Waals surface area (Å²) in [6.07, 6.45) is 0.709. The van der Waals surface area contributed by atoms with Crippen LogP contribution in [-0.4, -0.2) is 18.1 Å². The van der Waals surface area contributed by atoms with Crippen LogP contribution < -0.4 is 9.64 Å². The zero-order chi connectivity index (χ0) is 19.0. The van der Waals surface area contributed by atoms with Crippen LogP contribution in [0.15, 0.2) is 66.7 Å². The minimum absolute atomic E-state index is 0.295. The van der Waals surface area contributed by atoms with Gasteiger partial charge >= 0.3 is 0 Å². The van der Waals surface area contributed by atoms with Gasteiger partial charge in [-0.05, 0) is 61.5 Å². The Kier molecular flexibility index (Phi) is 4.05. The monoisotopic (exact) mass is 357 g/mol. The molecule has 0 bridgehead atoms. The maximum Gasteiger partial charge on any atom is 0.266 e. The van der Waals surface area contributed by atoms with Crippen molar-refractivity contribution in [1.29, 1.82) is 0 Å². The van der Waals surface area contributed by atoms with Crippen LogP contribution in [-0.2, 0) is 0 Å². The van der Waals surface area contributed by atoms with Crippen molar-refractivity contribution in [2.24, 2.45) is 0 Å². The molecule has 0 radical (unpaired) electrons. The van der Waals surface area contributed by atoms with Gasteiger partial charge in [0.2, 0.25) is 0 Å². The van der Waals surface area contributed by atoms with E-state index in [1.165, 1.54) is 0 Å². The lowest BCUT2D eigenvalue weighted by atomic mass is 10.1. The summed E-state index contributed by atoms with van der Waals surface area (Å²) in [6.45, 7) is 1.99. The Labute approximate surface area is 155 Å². The third-order valence-electron chi connectivity index (χ3n) is 4.40. The lowest BCUT2D eigenvalue weighted by Gasteiger charge is -2.13. The molecule has 3 aromatic carbocycles. The van der Waals surface area contributed by atoms with Gasteiger partial charge in [-0.25, -0.2) is 4.90 Å². The van der Waals surface area contributed by atoms with Gasteiger partial charge in [0.15, 0.2) is 0 Å². The van der Waals surface area contributed by atoms with E-state index in [-0.39, 0.29) is 0 Å². The Morgan fingerprint density at radius 2 is 1.41 bits per heavy atom. The minimum atomic E-state index is -0.414. The second kappa shape index (κ2) is 6.53. The number of anilines is 1. The first kappa shape index (κ1) is 16.7. The van der Waals surface area contributed by atoms with Crippen LogP contribution >= 0.6 is 0 Å². The molecule has 1 aliphatic heterocycles. The van der Waals surface area contributed by atoms with Crippen molar-refractivity contribution in [2.75, 3.05) is 4.90 Å². The molecule has 3 aromatic rings. The van der Waals surface area contributed by atoms with E-state index in [9.17, 15) is 14.4 Å². The summed E-state index contributed by atoms with van der Waals surface area (Å²) >= 11 is 0. The first-order valence-electron chi connectivity index (χ1n) is 8.39. The normalized spacial score (nSPS) is 12.9. The molecule has 27 heavy (non-hydrogen) atoms. The van der Waals surface area contributed by atoms with Gasteiger partial charge < -0.3 is 4.74 Å². The number of amides is 2. The summed E-state index contributed by atoms with van der Waals surface area (Å²) in [5.74, 6) is 0.328. The first-order chi connectivity index (χ1) is 13.1. The van der Waals surface area contributed by atoms with Gasteiger partial charge in [-0.3, -0.25) is 14.4 Å². The van der Waals surface area contributed by atoms with E-state index in [0.29, 0.717) is 40.2 Å². The molecular formula is C22H15NO4. The molecule has 1 aliphatic rings. The fourth-order valence-electron chi connectivity index (χ4n) is 2.96. The Morgan fingerprint density at radius 3 is 2.07 bits per heavy atom. The second-order valence-corrected chi connectivity index (χ2v) is 6.28. The molecule has 5 nitrogen and oxygen atoms in total. The van der Waals surface area contributed by atoms with Gasteiger partial charge in [-0.1, -0.05) is 17.7 Å². The molecule has 0 saturated carbocycles. The molecule has 0 fully saturated rings. The largest absolute Gasteiger partial charge is 0.457 e. The van der Waals surface area contributed by atoms with Crippen LogP contribution in [0, 0.1) is 6.92 Å². The fraction of sp³-hybridized carbons (Fsp3) is 0.0455. The third-order valence-corrected chi connectivity index (χ3v) is 4.40. The predicted molar refractivity (Wildman–Crippen MR) is 101 cm³/mol. The number of fused-ring (bicyclic) bond motifs is 1. The zero-order valence-corrected chi connectivity index (χ0v) is 14.5. The first-order valence-corrected chi connectivity index (χ1v) is 8.39. The average Bonchev–Trinajstić information content (AvgIpc) is 2.94. The van der Waals surface area contributed by atoms with E-state index in [0.717, 1.165) is 10.5 Å². The maximum atomic E-state index is 12.8. The van der Waals surface area contributed by atoms with Gasteiger partial charge in [-0.2, -0.15) is 0 Å². The Morgan fingerprint density at radius 1 is 0.778 bits per heavy atom. The molecule has 132 valence electrons. The van der Waals surface area contributed by atoms with Crippen LogP contribution in [0.25, 0.3) is 0 Å². The molecule has 2 amide bonds. The SMILES string of the molecule is Cc1ccc(Oc2ccc3c(c2)C(=O)N(c2ccc(C=O)cc2)C3=O)cc1. The molecule has 0 atom stereocenters. The number of imide groups is 1. The van der Waals surface area contributed by atoms with E-state index < -0.39 is 11.8 Å². The maximum absolute atomic E-state index is 12.8. The smallest absolute Gasteiger partial charge is 0.266 e. The van der Waals surface area contributed by atoms with E-state index in [4.69, 9.17) is 4.74 Å². The molecule has 0 aliphatic carbocycles. The van der Waals surface area contributed by atoms with Gasteiger partial charge in [-0.15, -0.1) is 0 Å². The number of carbonyl (C=O) groups is 3. The number of hydrogen-bond acceptors (Lipinski definition) is 4. The lowest BCUT2D eigenvalue weighted by molar-refractivity contribution is 0.0925. The lowest BCUT2D eigenvalue weighted by Crippen LogP contribution is -2.29. The molecule has 0 spiro atoms. The topological polar surface area (TPSA) is 63.7 Å². The Bertz CT molecular complexity index is 1050. The standard InChI is InChI=1S/C22H15NO4/c1-14-2-8-17(9-3-14)27-18-10-11-19-20(12-18)22(26)23(21(19)25)16-6-4-15(13-24)5-7-16/h2-13H,1H3. The summed E-state index contributed by atoms with van der Waals surface area (Å²) in [7, 11) is 0. The van der Waals surface area contributed by atoms with Crippen LogP contribution in [0.3, 0.4) is 0 Å². The Hall–Kier alpha value is -3.73. The van der Waals surface area contributed by atoms with Crippen molar-refractivity contribution in [2.45, 2.75) is 6.92 Å². The van der Waals surface area contributed by atoms with E-state index in [1.807, 2.05) is 31.2 Å². The van der Waals surface area contributed by atoms with Gasteiger partial charge in [0.25, 0.3) is 11.8 Å². The summed E-state index contributed by atoms with van der Waals surface area (Å²) in [5.41, 5.74) is 2.64. The van der Waals surface area contributed by atoms with Crippen molar-refractivity contribution in [1.82, 2.24) is 0 Å². The second-order valence-electron chi connectivity index (χ2n) is 6.28. The number of hydrogen-bond donors (Lipinski definition) is 0. The quantitative estimate of drug-likeness (QED) is 0.513. The third kappa shape index (κ3) is 3.00. The summed E-state index contributed by atoms with van der Waals surface area (Å²) in [4.78, 5) is 37.4. The van der Waals surface area contributed by atoms with Crippen molar-refractivity contribution in [3.8, 4) is 11.5 Å². The molecule has 0 N–H and O–H groups in total. The molecule has 0 unspecified atom stereocenters. The number of aryl methyl sites for hydroxylation is 1. The summed E-state index contributed by atoms with van der Waals surface area (Å²) < 4.78 is 5.79. The van der Waals surface area contributed by atoms with Crippen molar-refractivity contribution in [3.63, 3.8) is 0 Å². The number of carbonyl (C=O) groups excluding carboxylic acids is 3. The van der Waals surface area contributed by atoms with Gasteiger partial charge in [0.05, 0.1) is 16.8 Å². The highest BCUT2D eigenvalue weighted by Crippen LogP contribution is 2.32. The zero-order valence-electron chi connectivity index (χ0n) is 14.5. The van der Waals surface area contributed by atoms with Crippen molar-refractivity contribution >= 4 is 23.8 Å². The van der Waals surface area contributed by atoms with Gasteiger partial charge in [0, 0.05) is 5.56 Å². The fourth-order valence-corrected chi connectivity index (χ4v) is 2.96. The number of rotatable bonds is 4. The average molecular weight is 357 g/mol. The van der Waals surface area contributed by atoms with E-state index in [1.54, 1.807) is 42.5 Å². The molecule has 1 heterocycles. The highest BCUT2D eigenvalue weighted by molar-refractivity contribution is 6.34. The van der Waals surface area contributed by atoms with Crippen LogP contribution in [0.4, 0.5) is 5.69 Å². The molecular weight excluding hydrogens is 342 g/mol. The summed E-state index contributed by atoms with van der Waals surface area (Å²) in [5, 5.41) is 0. The highest BCUT2D eigenvalue weighted by Gasteiger charge is 2.37. The van der Waals surface area contributed by atoms with Crippen LogP contribution in [0.5, 0.6) is 11.5 Å². The number of benzene rings is 3. The number of ether oxygens (including phenoxy) is 1. The molecule has 0 aromatic heterocycles. The minimum Gasteiger partial charge on any atom is -0.457 e.